The summed E-state index contributed by atoms with van der Waals surface area (Å²) in [5.41, 5.74) is 2.00. The fourth-order valence-electron chi connectivity index (χ4n) is 2.02. The van der Waals surface area contributed by atoms with Gasteiger partial charge < -0.3 is 11.2 Å². The maximum Gasteiger partial charge on any atom is 0.257 e. The molecule has 3 N–H and O–H groups in total. The molecule has 2 aromatic heterocycles. The van der Waals surface area contributed by atoms with Crippen molar-refractivity contribution in [3.8, 4) is 11.4 Å². The van der Waals surface area contributed by atoms with E-state index in [0.717, 1.165) is 5.56 Å². The topological polar surface area (TPSA) is 98.7 Å². The molecule has 3 rings (SSSR count). The van der Waals surface area contributed by atoms with Gasteiger partial charge in [-0.25, -0.2) is 4.68 Å². The zero-order valence-electron chi connectivity index (χ0n) is 12.3. The molecule has 0 aliphatic rings. The van der Waals surface area contributed by atoms with Crippen LogP contribution in [0.5, 0.6) is 0 Å². The number of rotatable bonds is 4. The number of pyridine rings is 1. The number of thioether (sulfide) groups is 1. The number of hydrogen-bond acceptors (Lipinski definition) is 6. The van der Waals surface area contributed by atoms with Gasteiger partial charge in [0.2, 0.25) is 5.16 Å². The van der Waals surface area contributed by atoms with E-state index in [0.29, 0.717) is 22.2 Å². The minimum atomic E-state index is -0.211. The van der Waals surface area contributed by atoms with E-state index in [2.05, 4.69) is 20.5 Å². The SMILES string of the molecule is CSc1nnc(-c2ccc(NC(=O)c3cccnc3)cc2)n1N. The summed E-state index contributed by atoms with van der Waals surface area (Å²) in [7, 11) is 0. The van der Waals surface area contributed by atoms with E-state index in [1.165, 1.54) is 22.6 Å². The van der Waals surface area contributed by atoms with Gasteiger partial charge in [0.05, 0.1) is 5.56 Å². The highest BCUT2D eigenvalue weighted by molar-refractivity contribution is 7.98. The summed E-state index contributed by atoms with van der Waals surface area (Å²) in [6.45, 7) is 0. The summed E-state index contributed by atoms with van der Waals surface area (Å²) in [4.78, 5) is 16.0. The number of carbonyl (C=O) groups is 1. The second-order valence-electron chi connectivity index (χ2n) is 4.65. The Bertz CT molecular complexity index is 816. The molecule has 0 saturated carbocycles. The molecule has 0 fully saturated rings. The van der Waals surface area contributed by atoms with E-state index in [1.54, 1.807) is 30.5 Å². The molecule has 0 spiro atoms. The van der Waals surface area contributed by atoms with Crippen molar-refractivity contribution in [3.63, 3.8) is 0 Å². The molecule has 0 unspecified atom stereocenters. The number of hydrogen-bond donors (Lipinski definition) is 2. The molecule has 0 radical (unpaired) electrons. The lowest BCUT2D eigenvalue weighted by atomic mass is 10.2. The Morgan fingerprint density at radius 2 is 2.00 bits per heavy atom. The first-order valence-electron chi connectivity index (χ1n) is 6.75. The quantitative estimate of drug-likeness (QED) is 0.562. The van der Waals surface area contributed by atoms with Crippen molar-refractivity contribution in [2.24, 2.45) is 0 Å². The average molecular weight is 326 g/mol. The Hall–Kier alpha value is -2.87. The fourth-order valence-corrected chi connectivity index (χ4v) is 2.42. The maximum atomic E-state index is 12.1. The van der Waals surface area contributed by atoms with Crippen molar-refractivity contribution in [1.82, 2.24) is 19.9 Å². The van der Waals surface area contributed by atoms with Gasteiger partial charge in [0.1, 0.15) is 0 Å². The Kier molecular flexibility index (Phi) is 4.24. The third-order valence-electron chi connectivity index (χ3n) is 3.17. The predicted octanol–water partition coefficient (Wildman–Crippen LogP) is 2.03. The monoisotopic (exact) mass is 326 g/mol. The van der Waals surface area contributed by atoms with E-state index in [1.807, 2.05) is 18.4 Å². The van der Waals surface area contributed by atoms with Gasteiger partial charge in [0, 0.05) is 23.6 Å². The Balaban J connectivity index is 1.77. The summed E-state index contributed by atoms with van der Waals surface area (Å²) < 4.78 is 1.44. The van der Waals surface area contributed by atoms with Crippen molar-refractivity contribution < 1.29 is 4.79 Å². The molecule has 0 atom stereocenters. The van der Waals surface area contributed by atoms with Gasteiger partial charge in [-0.3, -0.25) is 9.78 Å². The van der Waals surface area contributed by atoms with Crippen LogP contribution in [-0.4, -0.2) is 32.0 Å². The van der Waals surface area contributed by atoms with E-state index in [-0.39, 0.29) is 5.91 Å². The van der Waals surface area contributed by atoms with E-state index >= 15 is 0 Å². The zero-order chi connectivity index (χ0) is 16.2. The summed E-state index contributed by atoms with van der Waals surface area (Å²) >= 11 is 1.42. The number of nitrogens with one attached hydrogen (secondary N) is 1. The van der Waals surface area contributed by atoms with Crippen LogP contribution in [0.15, 0.2) is 53.9 Å². The molecule has 3 aromatic rings. The lowest BCUT2D eigenvalue weighted by molar-refractivity contribution is 0.102. The molecule has 0 bridgehead atoms. The van der Waals surface area contributed by atoms with Crippen LogP contribution in [0.1, 0.15) is 10.4 Å². The second-order valence-corrected chi connectivity index (χ2v) is 5.43. The number of benzene rings is 1. The number of nitrogens with zero attached hydrogens (tertiary/aromatic N) is 4. The summed E-state index contributed by atoms with van der Waals surface area (Å²) in [6.07, 6.45) is 5.02. The molecule has 0 aliphatic carbocycles. The number of amides is 1. The van der Waals surface area contributed by atoms with Gasteiger partial charge >= 0.3 is 0 Å². The van der Waals surface area contributed by atoms with E-state index in [4.69, 9.17) is 5.84 Å². The van der Waals surface area contributed by atoms with Crippen LogP contribution in [0, 0.1) is 0 Å². The minimum Gasteiger partial charge on any atom is -0.335 e. The molecular weight excluding hydrogens is 312 g/mol. The van der Waals surface area contributed by atoms with Crippen molar-refractivity contribution >= 4 is 23.4 Å². The van der Waals surface area contributed by atoms with Gasteiger partial charge in [-0.05, 0) is 42.7 Å². The number of nitrogen functional groups attached to an aromatic ring is 1. The van der Waals surface area contributed by atoms with Gasteiger partial charge in [-0.15, -0.1) is 10.2 Å². The molecular formula is C15H14N6OS. The molecule has 2 heterocycles. The average Bonchev–Trinajstić information content (AvgIpc) is 2.97. The van der Waals surface area contributed by atoms with Crippen LogP contribution in [0.2, 0.25) is 0 Å². The molecule has 1 amide bonds. The number of carbonyl (C=O) groups excluding carboxylic acids is 1. The van der Waals surface area contributed by atoms with Crippen LogP contribution in [0.25, 0.3) is 11.4 Å². The van der Waals surface area contributed by atoms with Crippen LogP contribution in [-0.2, 0) is 0 Å². The van der Waals surface area contributed by atoms with Gasteiger partial charge in [-0.2, -0.15) is 0 Å². The lowest BCUT2D eigenvalue weighted by Crippen LogP contribution is -2.12. The van der Waals surface area contributed by atoms with Gasteiger partial charge in [0.25, 0.3) is 5.91 Å². The zero-order valence-corrected chi connectivity index (χ0v) is 13.1. The molecule has 0 saturated heterocycles. The highest BCUT2D eigenvalue weighted by Gasteiger charge is 2.11. The van der Waals surface area contributed by atoms with E-state index in [9.17, 15) is 4.79 Å². The van der Waals surface area contributed by atoms with Crippen LogP contribution in [0.4, 0.5) is 5.69 Å². The second kappa shape index (κ2) is 6.49. The van der Waals surface area contributed by atoms with Gasteiger partial charge in [0.15, 0.2) is 5.82 Å². The number of nitrogens with two attached hydrogens (primary N) is 1. The standard InChI is InChI=1S/C15H14N6OS/c1-23-15-20-19-13(21(15)16)10-4-6-12(7-5-10)18-14(22)11-3-2-8-17-9-11/h2-9H,16H2,1H3,(H,18,22). The Morgan fingerprint density at radius 1 is 1.22 bits per heavy atom. The predicted molar refractivity (Wildman–Crippen MR) is 89.6 cm³/mol. The third-order valence-corrected chi connectivity index (χ3v) is 3.82. The third kappa shape index (κ3) is 3.16. The number of anilines is 1. The van der Waals surface area contributed by atoms with Crippen molar-refractivity contribution in [1.29, 1.82) is 0 Å². The van der Waals surface area contributed by atoms with Crippen LogP contribution >= 0.6 is 11.8 Å². The molecule has 0 aliphatic heterocycles. The summed E-state index contributed by atoms with van der Waals surface area (Å²) in [5.74, 6) is 6.29. The summed E-state index contributed by atoms with van der Waals surface area (Å²) in [6, 6.07) is 10.7. The summed E-state index contributed by atoms with van der Waals surface area (Å²) in [5, 5.41) is 11.5. The van der Waals surface area contributed by atoms with Crippen LogP contribution in [0.3, 0.4) is 0 Å². The van der Waals surface area contributed by atoms with Crippen molar-refractivity contribution in [3.05, 3.63) is 54.4 Å². The fraction of sp³-hybridized carbons (Fsp3) is 0.0667. The Labute approximate surface area is 136 Å². The number of aromatic nitrogens is 4. The Morgan fingerprint density at radius 3 is 2.61 bits per heavy atom. The van der Waals surface area contributed by atoms with Crippen molar-refractivity contribution in [2.45, 2.75) is 5.16 Å². The van der Waals surface area contributed by atoms with Crippen molar-refractivity contribution in [2.75, 3.05) is 17.4 Å². The first-order valence-corrected chi connectivity index (χ1v) is 7.98. The molecule has 116 valence electrons. The molecule has 1 aromatic carbocycles. The van der Waals surface area contributed by atoms with E-state index < -0.39 is 0 Å². The molecule has 7 nitrogen and oxygen atoms in total. The highest BCUT2D eigenvalue weighted by atomic mass is 32.2. The maximum absolute atomic E-state index is 12.1. The van der Waals surface area contributed by atoms with Crippen LogP contribution < -0.4 is 11.2 Å². The minimum absolute atomic E-state index is 0.211. The molecule has 23 heavy (non-hydrogen) atoms. The largest absolute Gasteiger partial charge is 0.335 e. The first-order chi connectivity index (χ1) is 11.2. The molecule has 8 heteroatoms. The smallest absolute Gasteiger partial charge is 0.257 e. The normalized spacial score (nSPS) is 10.5. The first kappa shape index (κ1) is 15.0. The highest BCUT2D eigenvalue weighted by Crippen LogP contribution is 2.22. The van der Waals surface area contributed by atoms with Gasteiger partial charge in [-0.1, -0.05) is 11.8 Å². The lowest BCUT2D eigenvalue weighted by Gasteiger charge is -2.06.